The molecule has 0 bridgehead atoms. The Labute approximate surface area is 170 Å². The molecule has 7 heteroatoms. The molecular formula is C21H27N3O3S. The summed E-state index contributed by atoms with van der Waals surface area (Å²) in [6.07, 6.45) is 4.69. The molecule has 0 unspecified atom stereocenters. The third-order valence-electron chi connectivity index (χ3n) is 4.32. The van der Waals surface area contributed by atoms with Crippen LogP contribution in [0.2, 0.25) is 0 Å². The Balaban J connectivity index is 1.89. The minimum absolute atomic E-state index is 0.0917. The second-order valence-corrected chi connectivity index (χ2v) is 7.25. The van der Waals surface area contributed by atoms with E-state index in [1.165, 1.54) is 11.8 Å². The number of benzene rings is 1. The average Bonchev–Trinajstić information content (AvgIpc) is 2.67. The third-order valence-corrected chi connectivity index (χ3v) is 4.87. The molecule has 1 aromatic heterocycles. The summed E-state index contributed by atoms with van der Waals surface area (Å²) in [5, 5.41) is 3.60. The van der Waals surface area contributed by atoms with Crippen molar-refractivity contribution < 1.29 is 14.3 Å². The Bertz CT molecular complexity index is 799. The highest BCUT2D eigenvalue weighted by Crippen LogP contribution is 2.18. The van der Waals surface area contributed by atoms with Crippen molar-refractivity contribution >= 4 is 29.3 Å². The summed E-state index contributed by atoms with van der Waals surface area (Å²) < 4.78 is 5.18. The Morgan fingerprint density at radius 3 is 2.32 bits per heavy atom. The van der Waals surface area contributed by atoms with Crippen LogP contribution in [0.1, 0.15) is 53.5 Å². The van der Waals surface area contributed by atoms with Crippen molar-refractivity contribution in [2.75, 3.05) is 18.2 Å². The van der Waals surface area contributed by atoms with E-state index in [1.54, 1.807) is 24.3 Å². The van der Waals surface area contributed by atoms with E-state index in [2.05, 4.69) is 15.3 Å². The lowest BCUT2D eigenvalue weighted by molar-refractivity contribution is -0.116. The predicted octanol–water partition coefficient (Wildman–Crippen LogP) is 4.34. The van der Waals surface area contributed by atoms with E-state index in [-0.39, 0.29) is 11.9 Å². The highest BCUT2D eigenvalue weighted by Gasteiger charge is 2.11. The molecule has 6 nitrogen and oxygen atoms in total. The number of thioether (sulfide) groups is 1. The average molecular weight is 402 g/mol. The number of carbonyl (C=O) groups is 2. The summed E-state index contributed by atoms with van der Waals surface area (Å²) >= 11 is 1.51. The minimum Gasteiger partial charge on any atom is -0.462 e. The monoisotopic (exact) mass is 401 g/mol. The quantitative estimate of drug-likeness (QED) is 0.291. The molecule has 0 aliphatic rings. The molecule has 0 saturated heterocycles. The summed E-state index contributed by atoms with van der Waals surface area (Å²) in [5.74, 6) is -0.433. The topological polar surface area (TPSA) is 81.2 Å². The summed E-state index contributed by atoms with van der Waals surface area (Å²) in [5.41, 5.74) is 3.97. The zero-order valence-electron chi connectivity index (χ0n) is 16.9. The van der Waals surface area contributed by atoms with Gasteiger partial charge in [-0.1, -0.05) is 25.1 Å². The maximum atomic E-state index is 12.3. The van der Waals surface area contributed by atoms with E-state index < -0.39 is 0 Å². The number of esters is 1. The fourth-order valence-corrected chi connectivity index (χ4v) is 3.16. The molecule has 28 heavy (non-hydrogen) atoms. The van der Waals surface area contributed by atoms with Crippen LogP contribution in [-0.2, 0) is 16.0 Å². The number of aromatic nitrogens is 2. The number of nitrogens with zero attached hydrogens (tertiary/aromatic N) is 2. The molecule has 1 heterocycles. The van der Waals surface area contributed by atoms with E-state index in [1.807, 2.05) is 27.0 Å². The molecule has 0 atom stereocenters. The molecule has 0 aliphatic carbocycles. The largest absolute Gasteiger partial charge is 0.462 e. The Morgan fingerprint density at radius 2 is 1.75 bits per heavy atom. The Morgan fingerprint density at radius 1 is 1.11 bits per heavy atom. The first-order chi connectivity index (χ1) is 13.4. The van der Waals surface area contributed by atoms with Crippen LogP contribution >= 0.6 is 11.8 Å². The second kappa shape index (κ2) is 10.8. The van der Waals surface area contributed by atoms with E-state index in [0.717, 1.165) is 34.9 Å². The molecule has 2 rings (SSSR count). The van der Waals surface area contributed by atoms with Gasteiger partial charge in [0.1, 0.15) is 0 Å². The van der Waals surface area contributed by atoms with E-state index in [4.69, 9.17) is 4.74 Å². The molecular weight excluding hydrogens is 374 g/mol. The molecule has 1 amide bonds. The van der Waals surface area contributed by atoms with Crippen molar-refractivity contribution in [1.29, 1.82) is 0 Å². The molecule has 2 aromatic rings. The van der Waals surface area contributed by atoms with Gasteiger partial charge in [-0.25, -0.2) is 14.8 Å². The first-order valence-electron chi connectivity index (χ1n) is 9.39. The van der Waals surface area contributed by atoms with E-state index in [0.29, 0.717) is 30.7 Å². The number of unbranched alkanes of at least 4 members (excludes halogenated alkanes) is 1. The Kier molecular flexibility index (Phi) is 8.44. The molecule has 1 aromatic carbocycles. The van der Waals surface area contributed by atoms with Crippen molar-refractivity contribution in [1.82, 2.24) is 9.97 Å². The number of carbonyl (C=O) groups excluding carboxylic acids is 2. The first-order valence-corrected chi connectivity index (χ1v) is 10.6. The van der Waals surface area contributed by atoms with Crippen LogP contribution in [0.4, 0.5) is 5.69 Å². The summed E-state index contributed by atoms with van der Waals surface area (Å²) in [7, 11) is 0. The van der Waals surface area contributed by atoms with Gasteiger partial charge in [-0.05, 0) is 62.8 Å². The molecule has 0 spiro atoms. The maximum absolute atomic E-state index is 12.3. The van der Waals surface area contributed by atoms with Crippen LogP contribution in [-0.4, -0.2) is 34.7 Å². The fraction of sp³-hybridized carbons (Fsp3) is 0.429. The fourth-order valence-electron chi connectivity index (χ4n) is 2.71. The van der Waals surface area contributed by atoms with Crippen molar-refractivity contribution in [3.63, 3.8) is 0 Å². The van der Waals surface area contributed by atoms with Gasteiger partial charge in [-0.15, -0.1) is 0 Å². The summed E-state index contributed by atoms with van der Waals surface area (Å²) in [4.78, 5) is 33.1. The maximum Gasteiger partial charge on any atom is 0.338 e. The van der Waals surface area contributed by atoms with Gasteiger partial charge in [-0.2, -0.15) is 0 Å². The number of hydrogen-bond donors (Lipinski definition) is 1. The summed E-state index contributed by atoms with van der Waals surface area (Å²) in [6, 6.07) is 6.74. The molecule has 0 fully saturated rings. The van der Waals surface area contributed by atoms with Crippen LogP contribution in [0.5, 0.6) is 0 Å². The van der Waals surface area contributed by atoms with Gasteiger partial charge in [0.05, 0.1) is 12.2 Å². The lowest BCUT2D eigenvalue weighted by Gasteiger charge is -2.10. The van der Waals surface area contributed by atoms with Crippen molar-refractivity contribution in [3.05, 3.63) is 46.8 Å². The summed E-state index contributed by atoms with van der Waals surface area (Å²) in [6.45, 7) is 6.36. The van der Waals surface area contributed by atoms with Gasteiger partial charge in [-0.3, -0.25) is 4.79 Å². The second-order valence-electron chi connectivity index (χ2n) is 6.47. The minimum atomic E-state index is -0.342. The van der Waals surface area contributed by atoms with Gasteiger partial charge in [0.15, 0.2) is 5.16 Å². The van der Waals surface area contributed by atoms with Gasteiger partial charge >= 0.3 is 5.97 Å². The zero-order valence-corrected chi connectivity index (χ0v) is 17.7. The Hall–Kier alpha value is -2.41. The molecule has 150 valence electrons. The highest BCUT2D eigenvalue weighted by molar-refractivity contribution is 7.98. The van der Waals surface area contributed by atoms with Gasteiger partial charge in [0.25, 0.3) is 0 Å². The molecule has 1 N–H and O–H groups in total. The van der Waals surface area contributed by atoms with Crippen molar-refractivity contribution in [2.45, 2.75) is 51.6 Å². The van der Waals surface area contributed by atoms with Crippen molar-refractivity contribution in [3.8, 4) is 0 Å². The van der Waals surface area contributed by atoms with E-state index in [9.17, 15) is 9.59 Å². The highest BCUT2D eigenvalue weighted by atomic mass is 32.2. The number of anilines is 1. The molecule has 0 radical (unpaired) electrons. The van der Waals surface area contributed by atoms with Crippen LogP contribution in [0.25, 0.3) is 0 Å². The van der Waals surface area contributed by atoms with Crippen LogP contribution in [0, 0.1) is 13.8 Å². The van der Waals surface area contributed by atoms with Gasteiger partial charge < -0.3 is 10.1 Å². The SMILES string of the molecule is CCCCOC(=O)c1ccc(NC(=O)CCc2c(C)nc(SC)nc2C)cc1. The number of rotatable bonds is 9. The normalized spacial score (nSPS) is 10.6. The first kappa shape index (κ1) is 21.9. The van der Waals surface area contributed by atoms with Crippen LogP contribution in [0.3, 0.4) is 0 Å². The lowest BCUT2D eigenvalue weighted by atomic mass is 10.1. The molecule has 0 saturated carbocycles. The zero-order chi connectivity index (χ0) is 20.5. The predicted molar refractivity (Wildman–Crippen MR) is 112 cm³/mol. The van der Waals surface area contributed by atoms with Crippen LogP contribution in [0.15, 0.2) is 29.4 Å². The van der Waals surface area contributed by atoms with Gasteiger partial charge in [0.2, 0.25) is 5.91 Å². The van der Waals surface area contributed by atoms with E-state index >= 15 is 0 Å². The van der Waals surface area contributed by atoms with Gasteiger partial charge in [0, 0.05) is 23.5 Å². The number of hydrogen-bond acceptors (Lipinski definition) is 6. The third kappa shape index (κ3) is 6.34. The lowest BCUT2D eigenvalue weighted by Crippen LogP contribution is -2.14. The van der Waals surface area contributed by atoms with Crippen molar-refractivity contribution in [2.24, 2.45) is 0 Å². The number of aryl methyl sites for hydroxylation is 2. The molecule has 0 aliphatic heterocycles. The number of amides is 1. The smallest absolute Gasteiger partial charge is 0.338 e. The standard InChI is InChI=1S/C21H27N3O3S/c1-5-6-13-27-20(26)16-7-9-17(10-8-16)24-19(25)12-11-18-14(2)22-21(28-4)23-15(18)3/h7-10H,5-6,11-13H2,1-4H3,(H,24,25). The number of ether oxygens (including phenoxy) is 1. The number of nitrogens with one attached hydrogen (secondary N) is 1. The van der Waals surface area contributed by atoms with Crippen LogP contribution < -0.4 is 5.32 Å².